The van der Waals surface area contributed by atoms with Gasteiger partial charge in [0.2, 0.25) is 0 Å². The molecular formula is C11H20O2. The van der Waals surface area contributed by atoms with Gasteiger partial charge in [-0.3, -0.25) is 4.79 Å². The molecule has 0 aromatic heterocycles. The van der Waals surface area contributed by atoms with Crippen molar-refractivity contribution in [1.82, 2.24) is 0 Å². The fourth-order valence-electron chi connectivity index (χ4n) is 1.97. The van der Waals surface area contributed by atoms with E-state index < -0.39 is 0 Å². The van der Waals surface area contributed by atoms with Crippen LogP contribution in [0.2, 0.25) is 0 Å². The molecule has 13 heavy (non-hydrogen) atoms. The molecule has 2 atom stereocenters. The molecule has 0 unspecified atom stereocenters. The van der Waals surface area contributed by atoms with Gasteiger partial charge in [-0.2, -0.15) is 0 Å². The maximum atomic E-state index is 11.1. The minimum absolute atomic E-state index is 0.000182. The molecule has 0 aliphatic carbocycles. The molecule has 0 saturated carbocycles. The highest BCUT2D eigenvalue weighted by Gasteiger charge is 2.35. The van der Waals surface area contributed by atoms with Crippen molar-refractivity contribution in [3.05, 3.63) is 0 Å². The fraction of sp³-hybridized carbons (Fsp3) is 0.909. The Hall–Kier alpha value is -0.530. The molecular weight excluding hydrogens is 164 g/mol. The van der Waals surface area contributed by atoms with Crippen molar-refractivity contribution >= 4 is 5.97 Å². The van der Waals surface area contributed by atoms with Gasteiger partial charge in [-0.15, -0.1) is 0 Å². The van der Waals surface area contributed by atoms with Crippen LogP contribution >= 0.6 is 0 Å². The number of hydrogen-bond donors (Lipinski definition) is 0. The van der Waals surface area contributed by atoms with Gasteiger partial charge < -0.3 is 4.74 Å². The van der Waals surface area contributed by atoms with E-state index in [1.165, 1.54) is 12.8 Å². The molecule has 1 heterocycles. The molecule has 0 N–H and O–H groups in total. The van der Waals surface area contributed by atoms with Gasteiger partial charge in [0.05, 0.1) is 6.42 Å². The normalized spacial score (nSPS) is 28.2. The molecule has 1 fully saturated rings. The minimum Gasteiger partial charge on any atom is -0.462 e. The lowest BCUT2D eigenvalue weighted by atomic mass is 9.87. The lowest BCUT2D eigenvalue weighted by Crippen LogP contribution is -2.20. The van der Waals surface area contributed by atoms with Gasteiger partial charge in [-0.25, -0.2) is 0 Å². The third-order valence-corrected chi connectivity index (χ3v) is 2.86. The van der Waals surface area contributed by atoms with E-state index in [0.717, 1.165) is 6.42 Å². The van der Waals surface area contributed by atoms with Crippen LogP contribution in [0.15, 0.2) is 0 Å². The number of esters is 1. The van der Waals surface area contributed by atoms with Gasteiger partial charge >= 0.3 is 5.97 Å². The molecule has 1 aliphatic rings. The summed E-state index contributed by atoms with van der Waals surface area (Å²) < 4.78 is 5.30. The second-order valence-electron chi connectivity index (χ2n) is 4.28. The molecule has 0 radical (unpaired) electrons. The highest BCUT2D eigenvalue weighted by Crippen LogP contribution is 2.31. The Balaban J connectivity index is 2.45. The van der Waals surface area contributed by atoms with Crippen LogP contribution in [0.25, 0.3) is 0 Å². The number of carbonyl (C=O) groups excluding carboxylic acids is 1. The molecule has 0 aromatic carbocycles. The van der Waals surface area contributed by atoms with Crippen LogP contribution < -0.4 is 0 Å². The Morgan fingerprint density at radius 2 is 2.23 bits per heavy atom. The SMILES string of the molecule is CCCC[C@H]1OC(=O)C[C@@H]1C(C)C. The zero-order valence-corrected chi connectivity index (χ0v) is 8.88. The van der Waals surface area contributed by atoms with Crippen LogP contribution in [-0.4, -0.2) is 12.1 Å². The summed E-state index contributed by atoms with van der Waals surface area (Å²) in [6.45, 7) is 6.51. The zero-order valence-electron chi connectivity index (χ0n) is 8.88. The van der Waals surface area contributed by atoms with Crippen LogP contribution in [0, 0.1) is 11.8 Å². The van der Waals surface area contributed by atoms with E-state index in [9.17, 15) is 4.79 Å². The number of ether oxygens (including phenoxy) is 1. The number of unbranched alkanes of at least 4 members (excludes halogenated alkanes) is 1. The first-order valence-electron chi connectivity index (χ1n) is 5.34. The second kappa shape index (κ2) is 4.64. The maximum absolute atomic E-state index is 11.1. The number of carbonyl (C=O) groups is 1. The van der Waals surface area contributed by atoms with E-state index in [2.05, 4.69) is 20.8 Å². The van der Waals surface area contributed by atoms with Gasteiger partial charge in [0.1, 0.15) is 6.10 Å². The van der Waals surface area contributed by atoms with Crippen LogP contribution in [0.4, 0.5) is 0 Å². The predicted octanol–water partition coefficient (Wildman–Crippen LogP) is 2.76. The molecule has 0 spiro atoms. The highest BCUT2D eigenvalue weighted by atomic mass is 16.5. The molecule has 76 valence electrons. The van der Waals surface area contributed by atoms with E-state index in [1.807, 2.05) is 0 Å². The smallest absolute Gasteiger partial charge is 0.306 e. The molecule has 1 rings (SSSR count). The third kappa shape index (κ3) is 2.71. The van der Waals surface area contributed by atoms with Gasteiger partial charge in [0, 0.05) is 5.92 Å². The van der Waals surface area contributed by atoms with Crippen molar-refractivity contribution < 1.29 is 9.53 Å². The van der Waals surface area contributed by atoms with Gasteiger partial charge in [0.25, 0.3) is 0 Å². The minimum atomic E-state index is -0.000182. The monoisotopic (exact) mass is 184 g/mol. The number of cyclic esters (lactones) is 1. The first kappa shape index (κ1) is 10.6. The standard InChI is InChI=1S/C11H20O2/c1-4-5-6-10-9(8(2)3)7-11(12)13-10/h8-10H,4-7H2,1-3H3/t9-,10-/m1/s1. The Morgan fingerprint density at radius 3 is 2.77 bits per heavy atom. The van der Waals surface area contributed by atoms with Crippen LogP contribution in [-0.2, 0) is 9.53 Å². The predicted molar refractivity (Wildman–Crippen MR) is 52.4 cm³/mol. The fourth-order valence-corrected chi connectivity index (χ4v) is 1.97. The maximum Gasteiger partial charge on any atom is 0.306 e. The third-order valence-electron chi connectivity index (χ3n) is 2.86. The molecule has 0 bridgehead atoms. The van der Waals surface area contributed by atoms with Crippen LogP contribution in [0.5, 0.6) is 0 Å². The first-order chi connectivity index (χ1) is 6.15. The summed E-state index contributed by atoms with van der Waals surface area (Å²) in [5, 5.41) is 0. The molecule has 2 nitrogen and oxygen atoms in total. The molecule has 0 aromatic rings. The lowest BCUT2D eigenvalue weighted by Gasteiger charge is -2.20. The van der Waals surface area contributed by atoms with E-state index in [4.69, 9.17) is 4.74 Å². The van der Waals surface area contributed by atoms with Crippen molar-refractivity contribution in [3.63, 3.8) is 0 Å². The van der Waals surface area contributed by atoms with Crippen molar-refractivity contribution in [2.75, 3.05) is 0 Å². The summed E-state index contributed by atoms with van der Waals surface area (Å²) in [6, 6.07) is 0. The Bertz CT molecular complexity index is 175. The van der Waals surface area contributed by atoms with E-state index in [0.29, 0.717) is 18.3 Å². The zero-order chi connectivity index (χ0) is 9.84. The lowest BCUT2D eigenvalue weighted by molar-refractivity contribution is -0.141. The number of rotatable bonds is 4. The van der Waals surface area contributed by atoms with Gasteiger partial charge in [-0.05, 0) is 12.3 Å². The Labute approximate surface area is 80.7 Å². The molecule has 1 saturated heterocycles. The molecule has 1 aliphatic heterocycles. The topological polar surface area (TPSA) is 26.3 Å². The Morgan fingerprint density at radius 1 is 1.54 bits per heavy atom. The largest absolute Gasteiger partial charge is 0.462 e. The average Bonchev–Trinajstić information content (AvgIpc) is 2.43. The van der Waals surface area contributed by atoms with E-state index >= 15 is 0 Å². The van der Waals surface area contributed by atoms with Crippen molar-refractivity contribution in [3.8, 4) is 0 Å². The summed E-state index contributed by atoms with van der Waals surface area (Å²) in [6.07, 6.45) is 4.23. The van der Waals surface area contributed by atoms with Crippen molar-refractivity contribution in [1.29, 1.82) is 0 Å². The molecule has 0 amide bonds. The van der Waals surface area contributed by atoms with Crippen LogP contribution in [0.1, 0.15) is 46.5 Å². The summed E-state index contributed by atoms with van der Waals surface area (Å²) in [4.78, 5) is 11.1. The van der Waals surface area contributed by atoms with Crippen molar-refractivity contribution in [2.45, 2.75) is 52.6 Å². The summed E-state index contributed by atoms with van der Waals surface area (Å²) in [7, 11) is 0. The van der Waals surface area contributed by atoms with E-state index in [1.54, 1.807) is 0 Å². The summed E-state index contributed by atoms with van der Waals surface area (Å²) in [5.41, 5.74) is 0. The first-order valence-corrected chi connectivity index (χ1v) is 5.34. The highest BCUT2D eigenvalue weighted by molar-refractivity contribution is 5.72. The average molecular weight is 184 g/mol. The molecule has 2 heteroatoms. The van der Waals surface area contributed by atoms with Gasteiger partial charge in [-0.1, -0.05) is 33.6 Å². The number of hydrogen-bond acceptors (Lipinski definition) is 2. The summed E-state index contributed by atoms with van der Waals surface area (Å²) >= 11 is 0. The second-order valence-corrected chi connectivity index (χ2v) is 4.28. The quantitative estimate of drug-likeness (QED) is 0.628. The van der Waals surface area contributed by atoms with E-state index in [-0.39, 0.29) is 12.1 Å². The van der Waals surface area contributed by atoms with Gasteiger partial charge in [0.15, 0.2) is 0 Å². The van der Waals surface area contributed by atoms with Crippen LogP contribution in [0.3, 0.4) is 0 Å². The Kier molecular flexibility index (Phi) is 3.76. The summed E-state index contributed by atoms with van der Waals surface area (Å²) in [5.74, 6) is 1.02. The van der Waals surface area contributed by atoms with Crippen molar-refractivity contribution in [2.24, 2.45) is 11.8 Å².